The molecule has 2 N–H and O–H groups in total. The van der Waals surface area contributed by atoms with E-state index in [0.717, 1.165) is 22.2 Å². The second-order valence-corrected chi connectivity index (χ2v) is 9.05. The Morgan fingerprint density at radius 3 is 2.61 bits per heavy atom. The zero-order valence-electron chi connectivity index (χ0n) is 17.6. The summed E-state index contributed by atoms with van der Waals surface area (Å²) in [5, 5.41) is 4.97. The van der Waals surface area contributed by atoms with Gasteiger partial charge in [-0.15, -0.1) is 0 Å². The van der Waals surface area contributed by atoms with Gasteiger partial charge in [-0.3, -0.25) is 24.1 Å². The van der Waals surface area contributed by atoms with Crippen LogP contribution in [-0.2, 0) is 14.4 Å². The van der Waals surface area contributed by atoms with Crippen LogP contribution in [0, 0.1) is 5.41 Å². The fourth-order valence-electron chi connectivity index (χ4n) is 2.80. The third-order valence-electron chi connectivity index (χ3n) is 4.54. The lowest BCUT2D eigenvalue weighted by Gasteiger charge is -2.17. The van der Waals surface area contributed by atoms with Crippen molar-refractivity contribution in [2.24, 2.45) is 5.41 Å². The number of thioether (sulfide) groups is 1. The zero-order valence-corrected chi connectivity index (χ0v) is 18.5. The van der Waals surface area contributed by atoms with Gasteiger partial charge in [-0.2, -0.15) is 0 Å². The third-order valence-corrected chi connectivity index (χ3v) is 5.45. The predicted molar refractivity (Wildman–Crippen MR) is 115 cm³/mol. The van der Waals surface area contributed by atoms with Gasteiger partial charge in [-0.05, 0) is 35.5 Å². The summed E-state index contributed by atoms with van der Waals surface area (Å²) in [6.07, 6.45) is 1.75. The topological polar surface area (TPSA) is 114 Å². The van der Waals surface area contributed by atoms with Gasteiger partial charge in [0.15, 0.2) is 11.5 Å². The van der Waals surface area contributed by atoms with Gasteiger partial charge in [0.2, 0.25) is 18.6 Å². The van der Waals surface area contributed by atoms with Crippen molar-refractivity contribution >= 4 is 40.8 Å². The molecule has 0 saturated carbocycles. The molecule has 4 amide bonds. The lowest BCUT2D eigenvalue weighted by Crippen LogP contribution is -2.39. The Morgan fingerprint density at radius 2 is 1.87 bits per heavy atom. The SMILES string of the molecule is CC(C)(C)C(=O)NCCC(=O)NCCN1C(=O)S/C(=C\c2ccc3c(c2)OCO3)C1=O. The molecule has 2 heterocycles. The lowest BCUT2D eigenvalue weighted by atomic mass is 9.96. The van der Waals surface area contributed by atoms with E-state index < -0.39 is 11.3 Å². The second kappa shape index (κ2) is 9.42. The Labute approximate surface area is 184 Å². The van der Waals surface area contributed by atoms with Crippen LogP contribution in [0.25, 0.3) is 6.08 Å². The maximum atomic E-state index is 12.6. The van der Waals surface area contributed by atoms with Crippen molar-refractivity contribution in [3.63, 3.8) is 0 Å². The van der Waals surface area contributed by atoms with E-state index in [4.69, 9.17) is 9.47 Å². The van der Waals surface area contributed by atoms with Crippen LogP contribution < -0.4 is 20.1 Å². The Balaban J connectivity index is 1.46. The number of imide groups is 1. The minimum Gasteiger partial charge on any atom is -0.454 e. The summed E-state index contributed by atoms with van der Waals surface area (Å²) in [6.45, 7) is 5.97. The first-order valence-corrected chi connectivity index (χ1v) is 10.7. The number of carbonyl (C=O) groups is 4. The van der Waals surface area contributed by atoms with Crippen LogP contribution in [0.2, 0.25) is 0 Å². The van der Waals surface area contributed by atoms with Crippen LogP contribution in [-0.4, -0.2) is 54.3 Å². The molecule has 0 atom stereocenters. The molecule has 0 bridgehead atoms. The van der Waals surface area contributed by atoms with Crippen LogP contribution in [0.1, 0.15) is 32.8 Å². The first-order valence-electron chi connectivity index (χ1n) is 9.85. The summed E-state index contributed by atoms with van der Waals surface area (Å²) in [6, 6.07) is 5.27. The van der Waals surface area contributed by atoms with Gasteiger partial charge in [0.05, 0.1) is 4.91 Å². The summed E-state index contributed by atoms with van der Waals surface area (Å²) in [5.74, 6) is 0.428. The third kappa shape index (κ3) is 5.78. The highest BCUT2D eigenvalue weighted by Gasteiger charge is 2.34. The number of nitrogens with one attached hydrogen (secondary N) is 2. The average molecular weight is 448 g/mol. The van der Waals surface area contributed by atoms with Crippen LogP contribution in [0.5, 0.6) is 11.5 Å². The summed E-state index contributed by atoms with van der Waals surface area (Å²) >= 11 is 0.854. The molecule has 2 aliphatic heterocycles. The predicted octanol–water partition coefficient (Wildman–Crippen LogP) is 2.12. The van der Waals surface area contributed by atoms with Gasteiger partial charge in [0.25, 0.3) is 11.1 Å². The second-order valence-electron chi connectivity index (χ2n) is 8.05. The van der Waals surface area contributed by atoms with Gasteiger partial charge in [0.1, 0.15) is 0 Å². The van der Waals surface area contributed by atoms with Crippen molar-refractivity contribution in [3.8, 4) is 11.5 Å². The van der Waals surface area contributed by atoms with E-state index in [0.29, 0.717) is 16.4 Å². The van der Waals surface area contributed by atoms with E-state index in [9.17, 15) is 19.2 Å². The van der Waals surface area contributed by atoms with Crippen molar-refractivity contribution < 1.29 is 28.7 Å². The smallest absolute Gasteiger partial charge is 0.293 e. The molecule has 0 radical (unpaired) electrons. The molecule has 1 aromatic rings. The highest BCUT2D eigenvalue weighted by molar-refractivity contribution is 8.18. The van der Waals surface area contributed by atoms with Gasteiger partial charge < -0.3 is 20.1 Å². The van der Waals surface area contributed by atoms with Crippen molar-refractivity contribution in [1.29, 1.82) is 0 Å². The van der Waals surface area contributed by atoms with Gasteiger partial charge >= 0.3 is 0 Å². The number of amides is 4. The Kier molecular flexibility index (Phi) is 6.89. The Morgan fingerprint density at radius 1 is 1.13 bits per heavy atom. The van der Waals surface area contributed by atoms with E-state index in [1.54, 1.807) is 45.0 Å². The van der Waals surface area contributed by atoms with E-state index in [2.05, 4.69) is 10.6 Å². The fourth-order valence-corrected chi connectivity index (χ4v) is 3.66. The van der Waals surface area contributed by atoms with Crippen molar-refractivity contribution in [3.05, 3.63) is 28.7 Å². The van der Waals surface area contributed by atoms with E-state index in [-0.39, 0.29) is 49.9 Å². The van der Waals surface area contributed by atoms with Crippen LogP contribution in [0.15, 0.2) is 23.1 Å². The van der Waals surface area contributed by atoms with Gasteiger partial charge in [0, 0.05) is 31.5 Å². The summed E-state index contributed by atoms with van der Waals surface area (Å²) in [5.41, 5.74) is 0.205. The maximum Gasteiger partial charge on any atom is 0.293 e. The average Bonchev–Trinajstić information content (AvgIpc) is 3.26. The molecule has 0 unspecified atom stereocenters. The minimum atomic E-state index is -0.517. The van der Waals surface area contributed by atoms with E-state index in [1.807, 2.05) is 0 Å². The van der Waals surface area contributed by atoms with Crippen molar-refractivity contribution in [2.75, 3.05) is 26.4 Å². The molecule has 0 spiro atoms. The number of nitrogens with zero attached hydrogens (tertiary/aromatic N) is 1. The maximum absolute atomic E-state index is 12.6. The molecule has 10 heteroatoms. The van der Waals surface area contributed by atoms with Gasteiger partial charge in [-0.1, -0.05) is 26.8 Å². The zero-order chi connectivity index (χ0) is 22.6. The van der Waals surface area contributed by atoms with E-state index in [1.165, 1.54) is 0 Å². The van der Waals surface area contributed by atoms with Crippen molar-refractivity contribution in [2.45, 2.75) is 27.2 Å². The molecule has 1 fully saturated rings. The first-order chi connectivity index (χ1) is 14.6. The summed E-state index contributed by atoms with van der Waals surface area (Å²) in [7, 11) is 0. The molecule has 0 aliphatic carbocycles. The number of fused-ring (bicyclic) bond motifs is 1. The fraction of sp³-hybridized carbons (Fsp3) is 0.429. The highest BCUT2D eigenvalue weighted by atomic mass is 32.2. The van der Waals surface area contributed by atoms with E-state index >= 15 is 0 Å². The van der Waals surface area contributed by atoms with Gasteiger partial charge in [-0.25, -0.2) is 0 Å². The minimum absolute atomic E-state index is 0.0727. The lowest BCUT2D eigenvalue weighted by molar-refractivity contribution is -0.128. The molecule has 1 saturated heterocycles. The molecule has 31 heavy (non-hydrogen) atoms. The van der Waals surface area contributed by atoms with Crippen LogP contribution in [0.4, 0.5) is 4.79 Å². The number of benzene rings is 1. The highest BCUT2D eigenvalue weighted by Crippen LogP contribution is 2.36. The first kappa shape index (κ1) is 22.7. The molecule has 2 aliphatic rings. The van der Waals surface area contributed by atoms with Crippen LogP contribution >= 0.6 is 11.8 Å². The monoisotopic (exact) mass is 447 g/mol. The number of hydrogen-bond donors (Lipinski definition) is 2. The largest absolute Gasteiger partial charge is 0.454 e. The van der Waals surface area contributed by atoms with Crippen LogP contribution in [0.3, 0.4) is 0 Å². The molecule has 166 valence electrons. The number of ether oxygens (including phenoxy) is 2. The number of hydrogen-bond acceptors (Lipinski definition) is 7. The summed E-state index contributed by atoms with van der Waals surface area (Å²) < 4.78 is 10.6. The number of carbonyl (C=O) groups excluding carboxylic acids is 4. The molecule has 0 aromatic heterocycles. The summed E-state index contributed by atoms with van der Waals surface area (Å²) in [4.78, 5) is 49.9. The molecule has 1 aromatic carbocycles. The molecule has 3 rings (SSSR count). The molecular weight excluding hydrogens is 422 g/mol. The quantitative estimate of drug-likeness (QED) is 0.616. The standard InChI is InChI=1S/C21H25N3O6S/c1-21(2,3)19(27)23-7-6-17(25)22-8-9-24-18(26)16(31-20(24)28)11-13-4-5-14-15(10-13)30-12-29-14/h4-5,10-11H,6-9,12H2,1-3H3,(H,22,25)(H,23,27)/b16-11-. The molecular formula is C21H25N3O6S. The Bertz CT molecular complexity index is 938. The number of rotatable bonds is 7. The van der Waals surface area contributed by atoms with Crippen molar-refractivity contribution in [1.82, 2.24) is 15.5 Å². The Hall–Kier alpha value is -3.01. The normalized spacial score (nSPS) is 16.7. The molecule has 9 nitrogen and oxygen atoms in total.